The number of carbonyl (C=O) groups excluding carboxylic acids is 1. The van der Waals surface area contributed by atoms with E-state index in [1.165, 1.54) is 0 Å². The molecular weight excluding hydrogens is 222 g/mol. The summed E-state index contributed by atoms with van der Waals surface area (Å²) in [5.41, 5.74) is -0.685. The van der Waals surface area contributed by atoms with E-state index in [2.05, 4.69) is 0 Å². The summed E-state index contributed by atoms with van der Waals surface area (Å²) in [6.07, 6.45) is 3.23. The maximum absolute atomic E-state index is 12.3. The van der Waals surface area contributed by atoms with Gasteiger partial charge in [-0.2, -0.15) is 0 Å². The van der Waals surface area contributed by atoms with Gasteiger partial charge in [-0.25, -0.2) is 0 Å². The van der Waals surface area contributed by atoms with Gasteiger partial charge in [0.15, 0.2) is 0 Å². The molecule has 1 amide bonds. The number of likely N-dealkylation sites (tertiary alicyclic amines) is 1. The average molecular weight is 237 g/mol. The van der Waals surface area contributed by atoms with Crippen LogP contribution < -0.4 is 0 Å². The van der Waals surface area contributed by atoms with Crippen LogP contribution in [0.5, 0.6) is 0 Å². The predicted octanol–water partition coefficient (Wildman–Crippen LogP) is 0.261. The molecule has 5 heteroatoms. The molecule has 92 valence electrons. The van der Waals surface area contributed by atoms with E-state index in [4.69, 9.17) is 4.74 Å². The average Bonchev–Trinajstić information content (AvgIpc) is 2.86. The molecule has 1 spiro atoms. The molecule has 3 heterocycles. The number of hydrogen-bond acceptors (Lipinski definition) is 3. The second-order valence-corrected chi connectivity index (χ2v) is 5.30. The zero-order chi connectivity index (χ0) is 12.4. The smallest absolute Gasteiger partial charge is 0.310 e. The molecule has 1 N–H and O–H groups in total. The van der Waals surface area contributed by atoms with Gasteiger partial charge < -0.3 is 14.7 Å². The van der Waals surface area contributed by atoms with Gasteiger partial charge in [0, 0.05) is 6.04 Å². The van der Waals surface area contributed by atoms with E-state index in [0.717, 1.165) is 0 Å². The molecule has 0 aliphatic carbocycles. The highest BCUT2D eigenvalue weighted by Gasteiger charge is 2.67. The van der Waals surface area contributed by atoms with Gasteiger partial charge >= 0.3 is 5.97 Å². The summed E-state index contributed by atoms with van der Waals surface area (Å²) in [6, 6.07) is 0.0768. The lowest BCUT2D eigenvalue weighted by Crippen LogP contribution is -2.39. The largest absolute Gasteiger partial charge is 0.481 e. The van der Waals surface area contributed by atoms with Crippen molar-refractivity contribution < 1.29 is 19.4 Å². The van der Waals surface area contributed by atoms with E-state index in [9.17, 15) is 14.7 Å². The van der Waals surface area contributed by atoms with Crippen molar-refractivity contribution in [3.8, 4) is 0 Å². The molecule has 3 aliphatic heterocycles. The molecule has 4 atom stereocenters. The minimum atomic E-state index is -0.940. The Kier molecular flexibility index (Phi) is 1.96. The van der Waals surface area contributed by atoms with Crippen molar-refractivity contribution in [2.75, 3.05) is 6.54 Å². The van der Waals surface area contributed by atoms with Crippen molar-refractivity contribution in [3.63, 3.8) is 0 Å². The Balaban J connectivity index is 2.01. The molecule has 17 heavy (non-hydrogen) atoms. The predicted molar refractivity (Wildman–Crippen MR) is 58.2 cm³/mol. The number of carbonyl (C=O) groups is 2. The van der Waals surface area contributed by atoms with Gasteiger partial charge in [0.25, 0.3) is 0 Å². The summed E-state index contributed by atoms with van der Waals surface area (Å²) in [5.74, 6) is -2.29. The van der Waals surface area contributed by atoms with Gasteiger partial charge in [0.2, 0.25) is 5.91 Å². The third kappa shape index (κ3) is 1.17. The minimum Gasteiger partial charge on any atom is -0.481 e. The molecule has 0 radical (unpaired) electrons. The summed E-state index contributed by atoms with van der Waals surface area (Å²) >= 11 is 0. The van der Waals surface area contributed by atoms with E-state index >= 15 is 0 Å². The van der Waals surface area contributed by atoms with Crippen LogP contribution in [0.3, 0.4) is 0 Å². The van der Waals surface area contributed by atoms with Gasteiger partial charge in [0.1, 0.15) is 11.5 Å². The lowest BCUT2D eigenvalue weighted by Gasteiger charge is -2.24. The molecule has 3 aliphatic rings. The first-order chi connectivity index (χ1) is 7.96. The third-order valence-electron chi connectivity index (χ3n) is 4.04. The first-order valence-electron chi connectivity index (χ1n) is 5.87. The number of carboxylic acid groups (broad SMARTS) is 1. The third-order valence-corrected chi connectivity index (χ3v) is 4.04. The Bertz CT molecular complexity index is 430. The fraction of sp³-hybridized carbons (Fsp3) is 0.667. The highest BCUT2D eigenvalue weighted by atomic mass is 16.5. The SMILES string of the molecule is CC(C)N1C[C@@]23C=C[C@H](O2)[C@H](C(=O)O)[C@H]3C1=O. The Labute approximate surface area is 99.0 Å². The van der Waals surface area contributed by atoms with Gasteiger partial charge in [-0.1, -0.05) is 12.2 Å². The molecule has 2 fully saturated rings. The second-order valence-electron chi connectivity index (χ2n) is 5.30. The number of carboxylic acids is 1. The molecule has 5 nitrogen and oxygen atoms in total. The molecular formula is C12H15NO4. The van der Waals surface area contributed by atoms with Crippen molar-refractivity contribution >= 4 is 11.9 Å². The van der Waals surface area contributed by atoms with Gasteiger partial charge in [-0.15, -0.1) is 0 Å². The highest BCUT2D eigenvalue weighted by Crippen LogP contribution is 2.52. The first kappa shape index (κ1) is 10.8. The Morgan fingerprint density at radius 2 is 2.35 bits per heavy atom. The molecule has 0 unspecified atom stereocenters. The van der Waals surface area contributed by atoms with Crippen LogP contribution in [0.2, 0.25) is 0 Å². The van der Waals surface area contributed by atoms with Crippen LogP contribution >= 0.6 is 0 Å². The summed E-state index contributed by atoms with van der Waals surface area (Å²) in [4.78, 5) is 25.3. The maximum atomic E-state index is 12.3. The summed E-state index contributed by atoms with van der Waals surface area (Å²) in [5, 5.41) is 9.24. The quantitative estimate of drug-likeness (QED) is 0.700. The zero-order valence-corrected chi connectivity index (χ0v) is 9.79. The van der Waals surface area contributed by atoms with Crippen LogP contribution in [0.4, 0.5) is 0 Å². The van der Waals surface area contributed by atoms with Crippen LogP contribution in [0.1, 0.15) is 13.8 Å². The number of aliphatic carboxylic acids is 1. The van der Waals surface area contributed by atoms with Crippen LogP contribution in [-0.2, 0) is 14.3 Å². The topological polar surface area (TPSA) is 66.8 Å². The summed E-state index contributed by atoms with van der Waals surface area (Å²) in [7, 11) is 0. The van der Waals surface area contributed by atoms with Crippen molar-refractivity contribution in [1.29, 1.82) is 0 Å². The lowest BCUT2D eigenvalue weighted by molar-refractivity contribution is -0.148. The van der Waals surface area contributed by atoms with E-state index in [-0.39, 0.29) is 11.9 Å². The maximum Gasteiger partial charge on any atom is 0.310 e. The van der Waals surface area contributed by atoms with Gasteiger partial charge in [-0.05, 0) is 13.8 Å². The fourth-order valence-electron chi connectivity index (χ4n) is 3.25. The van der Waals surface area contributed by atoms with Crippen LogP contribution in [0, 0.1) is 11.8 Å². The molecule has 2 saturated heterocycles. The summed E-state index contributed by atoms with van der Waals surface area (Å²) in [6.45, 7) is 4.34. The molecule has 0 aromatic carbocycles. The van der Waals surface area contributed by atoms with Crippen molar-refractivity contribution in [2.24, 2.45) is 11.8 Å². The monoisotopic (exact) mass is 237 g/mol. The highest BCUT2D eigenvalue weighted by molar-refractivity contribution is 5.90. The summed E-state index contributed by atoms with van der Waals surface area (Å²) < 4.78 is 5.75. The molecule has 3 rings (SSSR count). The molecule has 0 aromatic rings. The zero-order valence-electron chi connectivity index (χ0n) is 9.79. The van der Waals surface area contributed by atoms with Crippen molar-refractivity contribution in [1.82, 2.24) is 4.90 Å². The van der Waals surface area contributed by atoms with Crippen LogP contribution in [0.15, 0.2) is 12.2 Å². The number of ether oxygens (including phenoxy) is 1. The first-order valence-corrected chi connectivity index (χ1v) is 5.87. The van der Waals surface area contributed by atoms with E-state index < -0.39 is 29.5 Å². The van der Waals surface area contributed by atoms with Crippen molar-refractivity contribution in [2.45, 2.75) is 31.6 Å². The normalized spacial score (nSPS) is 42.6. The lowest BCUT2D eigenvalue weighted by atomic mass is 9.77. The Morgan fingerprint density at radius 3 is 2.94 bits per heavy atom. The Morgan fingerprint density at radius 1 is 1.65 bits per heavy atom. The molecule has 2 bridgehead atoms. The standard InChI is InChI=1S/C12H15NO4/c1-6(2)13-5-12-4-3-7(17-12)8(11(15)16)9(12)10(13)14/h3-4,6-9H,5H2,1-2H3,(H,15,16)/t7-,8-,9-,12+/m0/s1. The van der Waals surface area contributed by atoms with Crippen LogP contribution in [0.25, 0.3) is 0 Å². The number of rotatable bonds is 2. The van der Waals surface area contributed by atoms with E-state index in [1.54, 1.807) is 11.0 Å². The number of amides is 1. The van der Waals surface area contributed by atoms with Gasteiger partial charge in [-0.3, -0.25) is 9.59 Å². The van der Waals surface area contributed by atoms with Crippen LogP contribution in [-0.4, -0.2) is 46.2 Å². The fourth-order valence-corrected chi connectivity index (χ4v) is 3.25. The van der Waals surface area contributed by atoms with E-state index in [1.807, 2.05) is 19.9 Å². The Hall–Kier alpha value is -1.36. The number of nitrogens with zero attached hydrogens (tertiary/aromatic N) is 1. The van der Waals surface area contributed by atoms with Crippen molar-refractivity contribution in [3.05, 3.63) is 12.2 Å². The molecule has 0 aromatic heterocycles. The second kappa shape index (κ2) is 3.10. The molecule has 0 saturated carbocycles. The number of fused-ring (bicyclic) bond motifs is 1. The minimum absolute atomic E-state index is 0.0768. The number of hydrogen-bond donors (Lipinski definition) is 1. The van der Waals surface area contributed by atoms with Gasteiger partial charge in [0.05, 0.1) is 18.6 Å². The van der Waals surface area contributed by atoms with E-state index in [0.29, 0.717) is 6.54 Å².